The minimum Gasteiger partial charge on any atom is -0.493 e. The van der Waals surface area contributed by atoms with E-state index in [1.54, 1.807) is 21.3 Å². The van der Waals surface area contributed by atoms with Gasteiger partial charge in [0.25, 0.3) is 5.91 Å². The van der Waals surface area contributed by atoms with Crippen LogP contribution in [-0.2, 0) is 13.6 Å². The van der Waals surface area contributed by atoms with Crippen molar-refractivity contribution in [3.8, 4) is 17.2 Å². The fourth-order valence-corrected chi connectivity index (χ4v) is 5.23. The fourth-order valence-electron chi connectivity index (χ4n) is 5.23. The number of carbonyl (C=O) groups excluding carboxylic acids is 1. The van der Waals surface area contributed by atoms with Crippen molar-refractivity contribution in [2.24, 2.45) is 7.05 Å². The SMILES string of the molecule is COc1cc(Cn2ccnc2C2CCN(C(=O)c3cc4ccccc4n3C)CC2)cc(OC)c1OC. The van der Waals surface area contributed by atoms with Crippen LogP contribution in [-0.4, -0.2) is 59.3 Å². The lowest BCUT2D eigenvalue weighted by Crippen LogP contribution is -2.39. The van der Waals surface area contributed by atoms with Gasteiger partial charge in [-0.1, -0.05) is 18.2 Å². The Bertz CT molecular complexity index is 1360. The van der Waals surface area contributed by atoms with Crippen LogP contribution in [0.1, 0.15) is 40.6 Å². The van der Waals surface area contributed by atoms with E-state index in [1.807, 2.05) is 71.4 Å². The van der Waals surface area contributed by atoms with Gasteiger partial charge >= 0.3 is 0 Å². The number of methoxy groups -OCH3 is 3. The van der Waals surface area contributed by atoms with Crippen molar-refractivity contribution in [3.05, 3.63) is 71.9 Å². The van der Waals surface area contributed by atoms with E-state index < -0.39 is 0 Å². The molecule has 36 heavy (non-hydrogen) atoms. The first kappa shape index (κ1) is 23.8. The van der Waals surface area contributed by atoms with Crippen LogP contribution < -0.4 is 14.2 Å². The molecule has 0 bridgehead atoms. The van der Waals surface area contributed by atoms with Gasteiger partial charge in [0.2, 0.25) is 5.75 Å². The first-order valence-corrected chi connectivity index (χ1v) is 12.2. The molecule has 0 N–H and O–H groups in total. The number of fused-ring (bicyclic) bond motifs is 1. The number of rotatable bonds is 7. The Morgan fingerprint density at radius 3 is 2.33 bits per heavy atom. The molecule has 8 heteroatoms. The highest BCUT2D eigenvalue weighted by molar-refractivity contribution is 5.98. The number of amides is 1. The van der Waals surface area contributed by atoms with Gasteiger partial charge in [0, 0.05) is 55.9 Å². The Kier molecular flexibility index (Phi) is 6.59. The Morgan fingerprint density at radius 2 is 1.69 bits per heavy atom. The molecule has 0 atom stereocenters. The van der Waals surface area contributed by atoms with Gasteiger partial charge in [0.1, 0.15) is 11.5 Å². The second-order valence-corrected chi connectivity index (χ2v) is 9.16. The molecule has 2 aromatic carbocycles. The van der Waals surface area contributed by atoms with Crippen LogP contribution in [0.4, 0.5) is 0 Å². The molecule has 0 unspecified atom stereocenters. The molecule has 5 rings (SSSR count). The van der Waals surface area contributed by atoms with Gasteiger partial charge in [-0.3, -0.25) is 4.79 Å². The molecule has 1 saturated heterocycles. The van der Waals surface area contributed by atoms with Crippen molar-refractivity contribution in [3.63, 3.8) is 0 Å². The van der Waals surface area contributed by atoms with E-state index in [4.69, 9.17) is 19.2 Å². The first-order chi connectivity index (χ1) is 17.5. The standard InChI is InChI=1S/C28H32N4O4/c1-30-22-8-6-5-7-21(22)17-23(30)28(33)31-12-9-20(10-13-31)27-29-11-14-32(27)18-19-15-24(34-2)26(36-4)25(16-19)35-3/h5-8,11,14-17,20H,9-10,12-13,18H2,1-4H3. The number of aromatic nitrogens is 3. The molecule has 0 aliphatic carbocycles. The number of carbonyl (C=O) groups is 1. The topological polar surface area (TPSA) is 70.8 Å². The number of para-hydroxylation sites is 1. The monoisotopic (exact) mass is 488 g/mol. The maximum Gasteiger partial charge on any atom is 0.270 e. The summed E-state index contributed by atoms with van der Waals surface area (Å²) in [4.78, 5) is 20.0. The van der Waals surface area contributed by atoms with Crippen LogP contribution in [0.5, 0.6) is 17.2 Å². The number of ether oxygens (including phenoxy) is 3. The average molecular weight is 489 g/mol. The molecule has 0 saturated carbocycles. The van der Waals surface area contributed by atoms with E-state index in [-0.39, 0.29) is 5.91 Å². The number of benzene rings is 2. The minimum absolute atomic E-state index is 0.0907. The number of piperidine rings is 1. The van der Waals surface area contributed by atoms with E-state index in [0.717, 1.165) is 40.8 Å². The van der Waals surface area contributed by atoms with Crippen LogP contribution in [0.2, 0.25) is 0 Å². The van der Waals surface area contributed by atoms with Gasteiger partial charge in [0.05, 0.1) is 21.3 Å². The number of aryl methyl sites for hydroxylation is 1. The van der Waals surface area contributed by atoms with E-state index >= 15 is 0 Å². The lowest BCUT2D eigenvalue weighted by atomic mass is 9.95. The summed E-state index contributed by atoms with van der Waals surface area (Å²) in [5, 5.41) is 1.09. The molecule has 3 heterocycles. The van der Waals surface area contributed by atoms with E-state index in [2.05, 4.69) is 4.57 Å². The summed E-state index contributed by atoms with van der Waals surface area (Å²) in [6.45, 7) is 2.06. The summed E-state index contributed by atoms with van der Waals surface area (Å²) >= 11 is 0. The van der Waals surface area contributed by atoms with E-state index in [9.17, 15) is 4.79 Å². The minimum atomic E-state index is 0.0907. The Labute approximate surface area is 211 Å². The maximum atomic E-state index is 13.3. The molecule has 8 nitrogen and oxygen atoms in total. The molecular weight excluding hydrogens is 456 g/mol. The molecule has 4 aromatic rings. The summed E-state index contributed by atoms with van der Waals surface area (Å²) < 4.78 is 20.6. The van der Waals surface area contributed by atoms with Crippen LogP contribution in [0.3, 0.4) is 0 Å². The summed E-state index contributed by atoms with van der Waals surface area (Å²) in [7, 11) is 6.81. The van der Waals surface area contributed by atoms with Crippen molar-refractivity contribution in [2.45, 2.75) is 25.3 Å². The number of hydrogen-bond donors (Lipinski definition) is 0. The van der Waals surface area contributed by atoms with Crippen molar-refractivity contribution >= 4 is 16.8 Å². The van der Waals surface area contributed by atoms with Crippen molar-refractivity contribution in [1.29, 1.82) is 0 Å². The smallest absolute Gasteiger partial charge is 0.270 e. The third-order valence-corrected chi connectivity index (χ3v) is 7.14. The Balaban J connectivity index is 1.29. The number of hydrogen-bond acceptors (Lipinski definition) is 5. The molecule has 1 aliphatic rings. The largest absolute Gasteiger partial charge is 0.493 e. The maximum absolute atomic E-state index is 13.3. The van der Waals surface area contributed by atoms with Crippen molar-refractivity contribution < 1.29 is 19.0 Å². The molecule has 0 radical (unpaired) electrons. The molecular formula is C28H32N4O4. The second-order valence-electron chi connectivity index (χ2n) is 9.16. The molecule has 2 aromatic heterocycles. The van der Waals surface area contributed by atoms with Gasteiger partial charge in [0.15, 0.2) is 11.5 Å². The zero-order valence-corrected chi connectivity index (χ0v) is 21.2. The quantitative estimate of drug-likeness (QED) is 0.384. The zero-order chi connectivity index (χ0) is 25.2. The predicted molar refractivity (Wildman–Crippen MR) is 138 cm³/mol. The lowest BCUT2D eigenvalue weighted by molar-refractivity contribution is 0.0701. The molecule has 1 fully saturated rings. The zero-order valence-electron chi connectivity index (χ0n) is 21.2. The first-order valence-electron chi connectivity index (χ1n) is 12.2. The lowest BCUT2D eigenvalue weighted by Gasteiger charge is -2.32. The van der Waals surface area contributed by atoms with Crippen LogP contribution in [0.25, 0.3) is 10.9 Å². The van der Waals surface area contributed by atoms with Gasteiger partial charge in [-0.25, -0.2) is 4.98 Å². The van der Waals surface area contributed by atoms with Crippen molar-refractivity contribution in [1.82, 2.24) is 19.0 Å². The summed E-state index contributed by atoms with van der Waals surface area (Å²) in [6.07, 6.45) is 5.61. The Hall–Kier alpha value is -3.94. The van der Waals surface area contributed by atoms with Crippen LogP contribution in [0, 0.1) is 0 Å². The van der Waals surface area contributed by atoms with Gasteiger partial charge in [-0.15, -0.1) is 0 Å². The van der Waals surface area contributed by atoms with E-state index in [1.165, 1.54) is 0 Å². The van der Waals surface area contributed by atoms with Gasteiger partial charge < -0.3 is 28.2 Å². The summed E-state index contributed by atoms with van der Waals surface area (Å²) in [6, 6.07) is 14.0. The third kappa shape index (κ3) is 4.27. The number of likely N-dealkylation sites (tertiary alicyclic amines) is 1. The summed E-state index contributed by atoms with van der Waals surface area (Å²) in [5.41, 5.74) is 2.84. The highest BCUT2D eigenvalue weighted by Gasteiger charge is 2.28. The molecule has 0 spiro atoms. The highest BCUT2D eigenvalue weighted by atomic mass is 16.5. The van der Waals surface area contributed by atoms with Crippen LogP contribution >= 0.6 is 0 Å². The number of nitrogens with zero attached hydrogens (tertiary/aromatic N) is 4. The average Bonchev–Trinajstić information content (AvgIpc) is 3.52. The fraction of sp³-hybridized carbons (Fsp3) is 0.357. The van der Waals surface area contributed by atoms with Gasteiger partial charge in [-0.05, 0) is 42.7 Å². The summed E-state index contributed by atoms with van der Waals surface area (Å²) in [5.74, 6) is 3.27. The predicted octanol–water partition coefficient (Wildman–Crippen LogP) is 4.47. The Morgan fingerprint density at radius 1 is 1.00 bits per heavy atom. The molecule has 1 aliphatic heterocycles. The highest BCUT2D eigenvalue weighted by Crippen LogP contribution is 2.38. The van der Waals surface area contributed by atoms with Gasteiger partial charge in [-0.2, -0.15) is 0 Å². The third-order valence-electron chi connectivity index (χ3n) is 7.14. The normalized spacial score (nSPS) is 14.3. The second kappa shape index (κ2) is 9.97. The van der Waals surface area contributed by atoms with Crippen molar-refractivity contribution in [2.75, 3.05) is 34.4 Å². The molecule has 1 amide bonds. The van der Waals surface area contributed by atoms with E-state index in [0.29, 0.717) is 42.8 Å². The number of imidazole rings is 1. The van der Waals surface area contributed by atoms with Crippen LogP contribution in [0.15, 0.2) is 54.9 Å². The molecule has 188 valence electrons.